The van der Waals surface area contributed by atoms with Crippen LogP contribution in [0.4, 0.5) is 0 Å². The van der Waals surface area contributed by atoms with Crippen LogP contribution in [0.2, 0.25) is 0 Å². The van der Waals surface area contributed by atoms with Gasteiger partial charge in [-0.05, 0) is 12.5 Å². The minimum atomic E-state index is -0.832. The summed E-state index contributed by atoms with van der Waals surface area (Å²) in [6, 6.07) is 0. The van der Waals surface area contributed by atoms with Gasteiger partial charge in [-0.1, -0.05) is 19.6 Å². The zero-order chi connectivity index (χ0) is 9.56. The third-order valence-electron chi connectivity index (χ3n) is 1.44. The van der Waals surface area contributed by atoms with E-state index >= 15 is 0 Å². The van der Waals surface area contributed by atoms with Crippen molar-refractivity contribution in [1.29, 1.82) is 0 Å². The smallest absolute Gasteiger partial charge is 0.323 e. The topological polar surface area (TPSA) is 40.5 Å². The lowest BCUT2D eigenvalue weighted by Crippen LogP contribution is -2.24. The number of carbonyl (C=O) groups is 1. The van der Waals surface area contributed by atoms with Crippen molar-refractivity contribution in [3.8, 4) is 0 Å². The van der Waals surface area contributed by atoms with Gasteiger partial charge in [0.15, 0.2) is 0 Å². The summed E-state index contributed by atoms with van der Waals surface area (Å²) >= 11 is 0. The number of hydrogen-bond acceptors (Lipinski definition) is 2. The van der Waals surface area contributed by atoms with Crippen LogP contribution in [-0.2, 0) is 4.79 Å². The van der Waals surface area contributed by atoms with Crippen molar-refractivity contribution >= 4 is 5.97 Å². The Kier molecular flexibility index (Phi) is 4.84. The summed E-state index contributed by atoms with van der Waals surface area (Å²) in [5, 5.41) is 8.49. The molecule has 12 heavy (non-hydrogen) atoms. The predicted octanol–water partition coefficient (Wildman–Crippen LogP) is 1.48. The Hall–Kier alpha value is -1.25. The van der Waals surface area contributed by atoms with Crippen molar-refractivity contribution in [2.45, 2.75) is 13.3 Å². The summed E-state index contributed by atoms with van der Waals surface area (Å²) in [6.45, 7) is 5.61. The first-order valence-corrected chi connectivity index (χ1v) is 3.87. The van der Waals surface area contributed by atoms with Crippen molar-refractivity contribution in [2.24, 2.45) is 0 Å². The molecule has 3 heteroatoms. The molecule has 0 unspecified atom stereocenters. The highest BCUT2D eigenvalue weighted by Gasteiger charge is 2.04. The van der Waals surface area contributed by atoms with Gasteiger partial charge in [0.1, 0.15) is 6.54 Å². The van der Waals surface area contributed by atoms with Crippen molar-refractivity contribution in [1.82, 2.24) is 4.90 Å². The molecule has 0 spiro atoms. The molecule has 1 N–H and O–H groups in total. The van der Waals surface area contributed by atoms with Crippen molar-refractivity contribution in [3.05, 3.63) is 24.4 Å². The average molecular weight is 169 g/mol. The van der Waals surface area contributed by atoms with Crippen molar-refractivity contribution in [3.63, 3.8) is 0 Å². The maximum Gasteiger partial charge on any atom is 0.323 e. The van der Waals surface area contributed by atoms with E-state index in [2.05, 4.69) is 6.58 Å². The molecule has 0 radical (unpaired) electrons. The molecule has 0 heterocycles. The number of aliphatic carboxylic acids is 1. The molecule has 0 atom stereocenters. The van der Waals surface area contributed by atoms with Gasteiger partial charge in [0.2, 0.25) is 0 Å². The van der Waals surface area contributed by atoms with Gasteiger partial charge >= 0.3 is 5.97 Å². The molecule has 0 aromatic rings. The van der Waals surface area contributed by atoms with Crippen molar-refractivity contribution in [2.75, 3.05) is 13.6 Å². The van der Waals surface area contributed by atoms with E-state index in [1.807, 2.05) is 13.0 Å². The first-order chi connectivity index (χ1) is 5.61. The van der Waals surface area contributed by atoms with E-state index in [4.69, 9.17) is 5.11 Å². The lowest BCUT2D eigenvalue weighted by atomic mass is 10.3. The molecule has 0 aliphatic rings. The second kappa shape index (κ2) is 5.41. The molecule has 0 aromatic heterocycles. The summed E-state index contributed by atoms with van der Waals surface area (Å²) in [5.74, 6) is -0.832. The zero-order valence-corrected chi connectivity index (χ0v) is 7.58. The number of carboxylic acids is 1. The Labute approximate surface area is 73.0 Å². The Morgan fingerprint density at radius 2 is 2.25 bits per heavy atom. The molecule has 0 saturated heterocycles. The highest BCUT2D eigenvalue weighted by atomic mass is 16.4. The standard InChI is InChI=1S/C9H15NO2/c1-4-6-8(5-2)10(3)7-9(11)12/h5-6H,2,4,7H2,1,3H3,(H,11,12)/b8-6+. The predicted molar refractivity (Wildman–Crippen MR) is 48.8 cm³/mol. The SMILES string of the molecule is C=C/C(=C\CC)N(C)CC(=O)O. The first-order valence-electron chi connectivity index (χ1n) is 3.87. The lowest BCUT2D eigenvalue weighted by Gasteiger charge is -2.17. The van der Waals surface area contributed by atoms with E-state index in [1.54, 1.807) is 18.0 Å². The van der Waals surface area contributed by atoms with Crippen LogP contribution >= 0.6 is 0 Å². The molecular formula is C9H15NO2. The van der Waals surface area contributed by atoms with Crippen LogP contribution in [0.15, 0.2) is 24.4 Å². The van der Waals surface area contributed by atoms with Crippen LogP contribution in [0.25, 0.3) is 0 Å². The fourth-order valence-corrected chi connectivity index (χ4v) is 0.898. The summed E-state index contributed by atoms with van der Waals surface area (Å²) in [5.41, 5.74) is 0.861. The van der Waals surface area contributed by atoms with E-state index < -0.39 is 5.97 Å². The highest BCUT2D eigenvalue weighted by molar-refractivity contribution is 5.69. The Morgan fingerprint density at radius 3 is 2.58 bits per heavy atom. The molecule has 0 rings (SSSR count). The first kappa shape index (κ1) is 10.8. The molecule has 0 aromatic carbocycles. The number of carboxylic acid groups (broad SMARTS) is 1. The normalized spacial score (nSPS) is 11.0. The minimum absolute atomic E-state index is 0.0118. The molecule has 68 valence electrons. The van der Waals surface area contributed by atoms with Gasteiger partial charge < -0.3 is 10.0 Å². The van der Waals surface area contributed by atoms with E-state index in [-0.39, 0.29) is 6.54 Å². The molecule has 0 aliphatic heterocycles. The average Bonchev–Trinajstić information content (AvgIpc) is 1.98. The fraction of sp³-hybridized carbons (Fsp3) is 0.444. The second-order valence-corrected chi connectivity index (χ2v) is 2.49. The second-order valence-electron chi connectivity index (χ2n) is 2.49. The lowest BCUT2D eigenvalue weighted by molar-refractivity contribution is -0.137. The summed E-state index contributed by atoms with van der Waals surface area (Å²) in [4.78, 5) is 12.0. The fourth-order valence-electron chi connectivity index (χ4n) is 0.898. The summed E-state index contributed by atoms with van der Waals surface area (Å²) in [7, 11) is 1.73. The number of hydrogen-bond donors (Lipinski definition) is 1. The van der Waals surface area contributed by atoms with Gasteiger partial charge in [0.05, 0.1) is 0 Å². The largest absolute Gasteiger partial charge is 0.480 e. The zero-order valence-electron chi connectivity index (χ0n) is 7.58. The van der Waals surface area contributed by atoms with Gasteiger partial charge in [-0.3, -0.25) is 4.79 Å². The van der Waals surface area contributed by atoms with Crippen LogP contribution in [-0.4, -0.2) is 29.6 Å². The number of allylic oxidation sites excluding steroid dienone is 2. The minimum Gasteiger partial charge on any atom is -0.480 e. The van der Waals surface area contributed by atoms with Crippen LogP contribution in [0, 0.1) is 0 Å². The number of nitrogens with zero attached hydrogens (tertiary/aromatic N) is 1. The van der Waals surface area contributed by atoms with Crippen LogP contribution in [0.5, 0.6) is 0 Å². The molecule has 3 nitrogen and oxygen atoms in total. The quantitative estimate of drug-likeness (QED) is 0.634. The van der Waals surface area contributed by atoms with E-state index in [0.29, 0.717) is 0 Å². The maximum atomic E-state index is 10.3. The van der Waals surface area contributed by atoms with Gasteiger partial charge in [-0.2, -0.15) is 0 Å². The van der Waals surface area contributed by atoms with Crippen LogP contribution < -0.4 is 0 Å². The maximum absolute atomic E-state index is 10.3. The van der Waals surface area contributed by atoms with Gasteiger partial charge in [-0.25, -0.2) is 0 Å². The van der Waals surface area contributed by atoms with Crippen molar-refractivity contribution < 1.29 is 9.90 Å². The summed E-state index contributed by atoms with van der Waals surface area (Å²) < 4.78 is 0. The molecular weight excluding hydrogens is 154 g/mol. The van der Waals surface area contributed by atoms with E-state index in [1.165, 1.54) is 0 Å². The molecule has 0 saturated carbocycles. The van der Waals surface area contributed by atoms with Crippen LogP contribution in [0.3, 0.4) is 0 Å². The Morgan fingerprint density at radius 1 is 1.67 bits per heavy atom. The van der Waals surface area contributed by atoms with E-state index in [0.717, 1.165) is 12.1 Å². The van der Waals surface area contributed by atoms with Gasteiger partial charge in [0, 0.05) is 12.7 Å². The Bertz CT molecular complexity index is 197. The third-order valence-corrected chi connectivity index (χ3v) is 1.44. The molecule has 0 amide bonds. The third kappa shape index (κ3) is 3.81. The molecule has 0 bridgehead atoms. The molecule has 0 fully saturated rings. The number of likely N-dealkylation sites (N-methyl/N-ethyl adjacent to an activating group) is 1. The monoisotopic (exact) mass is 169 g/mol. The molecule has 0 aliphatic carbocycles. The number of rotatable bonds is 5. The highest BCUT2D eigenvalue weighted by Crippen LogP contribution is 2.02. The van der Waals surface area contributed by atoms with Gasteiger partial charge in [0.25, 0.3) is 0 Å². The Balaban J connectivity index is 4.21. The summed E-state index contributed by atoms with van der Waals surface area (Å²) in [6.07, 6.45) is 4.48. The van der Waals surface area contributed by atoms with Gasteiger partial charge in [-0.15, -0.1) is 0 Å². The van der Waals surface area contributed by atoms with Crippen LogP contribution in [0.1, 0.15) is 13.3 Å². The van der Waals surface area contributed by atoms with E-state index in [9.17, 15) is 4.79 Å².